The molecule has 1 aliphatic carbocycles. The molecule has 0 bridgehead atoms. The van der Waals surface area contributed by atoms with Crippen molar-refractivity contribution in [2.45, 2.75) is 25.8 Å². The highest BCUT2D eigenvalue weighted by Gasteiger charge is 2.32. The molecular weight excluding hydrogens is 138 g/mol. The zero-order valence-corrected chi connectivity index (χ0v) is 7.25. The third kappa shape index (κ3) is 1.42. The van der Waals surface area contributed by atoms with Gasteiger partial charge in [0.25, 0.3) is 0 Å². The number of ether oxygens (including phenoxy) is 1. The van der Waals surface area contributed by atoms with Gasteiger partial charge in [0, 0.05) is 19.1 Å². The molecule has 2 unspecified atom stereocenters. The van der Waals surface area contributed by atoms with E-state index in [1.807, 2.05) is 0 Å². The second kappa shape index (κ2) is 3.11. The Hall–Kier alpha value is -0.0800. The Morgan fingerprint density at radius 1 is 1.18 bits per heavy atom. The molecule has 2 nitrogen and oxygen atoms in total. The molecule has 0 amide bonds. The first-order valence-electron chi connectivity index (χ1n) is 4.70. The van der Waals surface area contributed by atoms with Crippen molar-refractivity contribution in [2.75, 3.05) is 26.3 Å². The van der Waals surface area contributed by atoms with Gasteiger partial charge in [-0.05, 0) is 18.8 Å². The zero-order valence-electron chi connectivity index (χ0n) is 7.25. The van der Waals surface area contributed by atoms with E-state index in [4.69, 9.17) is 4.74 Å². The average Bonchev–Trinajstić information content (AvgIpc) is 2.04. The molecule has 0 N–H and O–H groups in total. The largest absolute Gasteiger partial charge is 0.379 e. The lowest BCUT2D eigenvalue weighted by Crippen LogP contribution is -2.50. The van der Waals surface area contributed by atoms with Gasteiger partial charge in [-0.1, -0.05) is 6.92 Å². The van der Waals surface area contributed by atoms with Crippen LogP contribution in [0, 0.1) is 5.92 Å². The molecule has 2 fully saturated rings. The fraction of sp³-hybridized carbons (Fsp3) is 1.00. The lowest BCUT2D eigenvalue weighted by molar-refractivity contribution is -0.0213. The standard InChI is InChI=1S/C9H17NO/c1-8-2-3-9(8)10-4-6-11-7-5-10/h8-9H,2-7H2,1H3. The number of hydrogen-bond donors (Lipinski definition) is 0. The maximum Gasteiger partial charge on any atom is 0.0594 e. The van der Waals surface area contributed by atoms with Crippen molar-refractivity contribution in [1.82, 2.24) is 4.90 Å². The van der Waals surface area contributed by atoms with E-state index in [-0.39, 0.29) is 0 Å². The van der Waals surface area contributed by atoms with Crippen LogP contribution in [0.3, 0.4) is 0 Å². The van der Waals surface area contributed by atoms with Crippen molar-refractivity contribution in [1.29, 1.82) is 0 Å². The van der Waals surface area contributed by atoms with Gasteiger partial charge in [0.1, 0.15) is 0 Å². The van der Waals surface area contributed by atoms with Crippen LogP contribution in [-0.4, -0.2) is 37.2 Å². The van der Waals surface area contributed by atoms with Gasteiger partial charge in [0.2, 0.25) is 0 Å². The van der Waals surface area contributed by atoms with Crippen molar-refractivity contribution in [3.63, 3.8) is 0 Å². The molecule has 2 atom stereocenters. The molecule has 1 saturated carbocycles. The summed E-state index contributed by atoms with van der Waals surface area (Å²) in [5, 5.41) is 0. The molecule has 0 spiro atoms. The van der Waals surface area contributed by atoms with Crippen LogP contribution in [0.1, 0.15) is 19.8 Å². The summed E-state index contributed by atoms with van der Waals surface area (Å²) in [5.74, 6) is 0.938. The normalized spacial score (nSPS) is 40.1. The number of hydrogen-bond acceptors (Lipinski definition) is 2. The van der Waals surface area contributed by atoms with Crippen LogP contribution in [-0.2, 0) is 4.74 Å². The SMILES string of the molecule is CC1CCC1N1CCOCC1. The summed E-state index contributed by atoms with van der Waals surface area (Å²) in [4.78, 5) is 2.59. The number of morpholine rings is 1. The van der Waals surface area contributed by atoms with Crippen molar-refractivity contribution in [2.24, 2.45) is 5.92 Å². The summed E-state index contributed by atoms with van der Waals surface area (Å²) in [5.41, 5.74) is 0. The highest BCUT2D eigenvalue weighted by atomic mass is 16.5. The van der Waals surface area contributed by atoms with Gasteiger partial charge in [0.15, 0.2) is 0 Å². The minimum absolute atomic E-state index is 0.888. The number of nitrogens with zero attached hydrogens (tertiary/aromatic N) is 1. The van der Waals surface area contributed by atoms with E-state index in [0.717, 1.165) is 38.3 Å². The molecule has 2 heteroatoms. The van der Waals surface area contributed by atoms with Gasteiger partial charge < -0.3 is 4.74 Å². The predicted molar refractivity (Wildman–Crippen MR) is 44.6 cm³/mol. The van der Waals surface area contributed by atoms with Gasteiger partial charge in [-0.15, -0.1) is 0 Å². The van der Waals surface area contributed by atoms with Gasteiger partial charge in [0.05, 0.1) is 13.2 Å². The summed E-state index contributed by atoms with van der Waals surface area (Å²) in [7, 11) is 0. The molecule has 1 saturated heterocycles. The molecule has 0 aromatic rings. The lowest BCUT2D eigenvalue weighted by atomic mass is 9.80. The monoisotopic (exact) mass is 155 g/mol. The van der Waals surface area contributed by atoms with E-state index in [1.165, 1.54) is 12.8 Å². The minimum Gasteiger partial charge on any atom is -0.379 e. The van der Waals surface area contributed by atoms with E-state index in [2.05, 4.69) is 11.8 Å². The molecule has 0 aromatic carbocycles. The van der Waals surface area contributed by atoms with Crippen LogP contribution >= 0.6 is 0 Å². The van der Waals surface area contributed by atoms with E-state index in [0.29, 0.717) is 0 Å². The summed E-state index contributed by atoms with van der Waals surface area (Å²) >= 11 is 0. The second-order valence-electron chi connectivity index (χ2n) is 3.77. The highest BCUT2D eigenvalue weighted by Crippen LogP contribution is 2.31. The van der Waals surface area contributed by atoms with Crippen LogP contribution in [0.2, 0.25) is 0 Å². The average molecular weight is 155 g/mol. The molecule has 1 aliphatic heterocycles. The third-order valence-corrected chi connectivity index (χ3v) is 3.09. The zero-order chi connectivity index (χ0) is 7.68. The fourth-order valence-electron chi connectivity index (χ4n) is 2.10. The smallest absolute Gasteiger partial charge is 0.0594 e. The Bertz CT molecular complexity index is 132. The Morgan fingerprint density at radius 3 is 2.36 bits per heavy atom. The van der Waals surface area contributed by atoms with E-state index >= 15 is 0 Å². The fourth-order valence-corrected chi connectivity index (χ4v) is 2.10. The molecule has 2 aliphatic rings. The molecule has 0 aromatic heterocycles. The van der Waals surface area contributed by atoms with Crippen LogP contribution in [0.15, 0.2) is 0 Å². The second-order valence-corrected chi connectivity index (χ2v) is 3.77. The molecule has 11 heavy (non-hydrogen) atoms. The van der Waals surface area contributed by atoms with Crippen LogP contribution in [0.5, 0.6) is 0 Å². The van der Waals surface area contributed by atoms with Crippen molar-refractivity contribution < 1.29 is 4.74 Å². The van der Waals surface area contributed by atoms with Crippen LogP contribution in [0.25, 0.3) is 0 Å². The molecule has 2 rings (SSSR count). The quantitative estimate of drug-likeness (QED) is 0.562. The summed E-state index contributed by atoms with van der Waals surface area (Å²) < 4.78 is 5.31. The third-order valence-electron chi connectivity index (χ3n) is 3.09. The Balaban J connectivity index is 1.83. The maximum absolute atomic E-state index is 5.31. The first-order valence-corrected chi connectivity index (χ1v) is 4.70. The van der Waals surface area contributed by atoms with Gasteiger partial charge in [-0.3, -0.25) is 4.90 Å². The van der Waals surface area contributed by atoms with E-state index < -0.39 is 0 Å². The summed E-state index contributed by atoms with van der Waals surface area (Å²) in [6.07, 6.45) is 2.85. The Morgan fingerprint density at radius 2 is 1.91 bits per heavy atom. The first kappa shape index (κ1) is 7.56. The minimum atomic E-state index is 0.888. The summed E-state index contributed by atoms with van der Waals surface area (Å²) in [6, 6.07) is 0.888. The van der Waals surface area contributed by atoms with Gasteiger partial charge in [-0.25, -0.2) is 0 Å². The van der Waals surface area contributed by atoms with Gasteiger partial charge in [-0.2, -0.15) is 0 Å². The molecule has 1 heterocycles. The summed E-state index contributed by atoms with van der Waals surface area (Å²) in [6.45, 7) is 6.58. The van der Waals surface area contributed by atoms with Crippen molar-refractivity contribution in [3.8, 4) is 0 Å². The van der Waals surface area contributed by atoms with Gasteiger partial charge >= 0.3 is 0 Å². The van der Waals surface area contributed by atoms with E-state index in [1.54, 1.807) is 0 Å². The van der Waals surface area contributed by atoms with E-state index in [9.17, 15) is 0 Å². The molecule has 0 radical (unpaired) electrons. The lowest BCUT2D eigenvalue weighted by Gasteiger charge is -2.44. The van der Waals surface area contributed by atoms with Crippen LogP contribution in [0.4, 0.5) is 0 Å². The predicted octanol–water partition coefficient (Wildman–Crippen LogP) is 1.12. The first-order chi connectivity index (χ1) is 5.38. The molecule has 64 valence electrons. The van der Waals surface area contributed by atoms with Crippen LogP contribution < -0.4 is 0 Å². The topological polar surface area (TPSA) is 12.5 Å². The highest BCUT2D eigenvalue weighted by molar-refractivity contribution is 4.86. The Kier molecular flexibility index (Phi) is 2.14. The number of rotatable bonds is 1. The van der Waals surface area contributed by atoms with Crippen molar-refractivity contribution >= 4 is 0 Å². The molecular formula is C9H17NO. The Labute approximate surface area is 68.5 Å². The van der Waals surface area contributed by atoms with Crippen molar-refractivity contribution in [3.05, 3.63) is 0 Å². The maximum atomic E-state index is 5.31.